The van der Waals surface area contributed by atoms with Crippen LogP contribution in [0.2, 0.25) is 0 Å². The Morgan fingerprint density at radius 2 is 1.86 bits per heavy atom. The van der Waals surface area contributed by atoms with Gasteiger partial charge in [-0.05, 0) is 24.5 Å². The van der Waals surface area contributed by atoms with E-state index in [1.807, 2.05) is 6.92 Å². The van der Waals surface area contributed by atoms with E-state index in [9.17, 15) is 0 Å². The van der Waals surface area contributed by atoms with Crippen molar-refractivity contribution in [2.75, 3.05) is 33.9 Å². The molecule has 0 unspecified atom stereocenters. The van der Waals surface area contributed by atoms with Crippen molar-refractivity contribution in [1.29, 1.82) is 0 Å². The van der Waals surface area contributed by atoms with Crippen molar-refractivity contribution >= 4 is 5.96 Å². The van der Waals surface area contributed by atoms with Crippen molar-refractivity contribution in [3.63, 3.8) is 0 Å². The van der Waals surface area contributed by atoms with Gasteiger partial charge in [0.05, 0.1) is 6.61 Å². The number of guanidine groups is 1. The number of nitrogens with one attached hydrogen (secondary N) is 2. The number of hydrogen-bond acceptors (Lipinski definition) is 3. The van der Waals surface area contributed by atoms with Crippen LogP contribution in [0.25, 0.3) is 0 Å². The molecule has 0 saturated carbocycles. The van der Waals surface area contributed by atoms with E-state index in [-0.39, 0.29) is 0 Å². The molecular weight excluding hydrogens is 266 g/mol. The second-order valence-electron chi connectivity index (χ2n) is 4.65. The van der Waals surface area contributed by atoms with Crippen LogP contribution >= 0.6 is 0 Å². The summed E-state index contributed by atoms with van der Waals surface area (Å²) >= 11 is 0. The highest BCUT2D eigenvalue weighted by Crippen LogP contribution is 2.05. The molecule has 1 aromatic rings. The first kappa shape index (κ1) is 17.5. The summed E-state index contributed by atoms with van der Waals surface area (Å²) in [6.45, 7) is 5.81. The maximum Gasteiger partial charge on any atom is 0.191 e. The lowest BCUT2D eigenvalue weighted by molar-refractivity contribution is 0.145. The molecule has 5 heteroatoms. The maximum atomic E-state index is 5.30. The van der Waals surface area contributed by atoms with Crippen molar-refractivity contribution in [3.05, 3.63) is 35.4 Å². The van der Waals surface area contributed by atoms with Gasteiger partial charge in [-0.25, -0.2) is 0 Å². The van der Waals surface area contributed by atoms with Gasteiger partial charge in [0.15, 0.2) is 5.96 Å². The Morgan fingerprint density at radius 1 is 1.14 bits per heavy atom. The number of hydrogen-bond donors (Lipinski definition) is 2. The van der Waals surface area contributed by atoms with Gasteiger partial charge in [-0.15, -0.1) is 0 Å². The number of methoxy groups -OCH3 is 1. The molecule has 0 radical (unpaired) electrons. The molecule has 0 bridgehead atoms. The molecule has 0 heterocycles. The van der Waals surface area contributed by atoms with E-state index in [0.717, 1.165) is 38.7 Å². The second-order valence-corrected chi connectivity index (χ2v) is 4.65. The quantitative estimate of drug-likeness (QED) is 0.415. The molecule has 0 aliphatic rings. The first-order valence-electron chi connectivity index (χ1n) is 7.39. The molecule has 0 amide bonds. The topological polar surface area (TPSA) is 54.9 Å². The van der Waals surface area contributed by atoms with Crippen molar-refractivity contribution in [1.82, 2.24) is 10.6 Å². The smallest absolute Gasteiger partial charge is 0.191 e. The van der Waals surface area contributed by atoms with E-state index >= 15 is 0 Å². The third-order valence-electron chi connectivity index (χ3n) is 2.98. The van der Waals surface area contributed by atoms with Crippen molar-refractivity contribution in [3.8, 4) is 0 Å². The zero-order valence-corrected chi connectivity index (χ0v) is 13.3. The monoisotopic (exact) mass is 293 g/mol. The van der Waals surface area contributed by atoms with Crippen molar-refractivity contribution in [2.45, 2.75) is 26.5 Å². The fraction of sp³-hybridized carbons (Fsp3) is 0.562. The summed E-state index contributed by atoms with van der Waals surface area (Å²) in [4.78, 5) is 4.20. The predicted octanol–water partition coefficient (Wildman–Crippen LogP) is 1.92. The largest absolute Gasteiger partial charge is 0.382 e. The SMILES string of the molecule is CCOCCCNC(=NC)NCc1ccc(COC)cc1. The molecule has 0 fully saturated rings. The van der Waals surface area contributed by atoms with Gasteiger partial charge < -0.3 is 20.1 Å². The van der Waals surface area contributed by atoms with Gasteiger partial charge in [0.2, 0.25) is 0 Å². The summed E-state index contributed by atoms with van der Waals surface area (Å²) in [5.74, 6) is 0.812. The first-order chi connectivity index (χ1) is 10.3. The summed E-state index contributed by atoms with van der Waals surface area (Å²) in [5, 5.41) is 6.56. The fourth-order valence-corrected chi connectivity index (χ4v) is 1.85. The maximum absolute atomic E-state index is 5.30. The number of aliphatic imine (C=N–C) groups is 1. The van der Waals surface area contributed by atoms with Crippen LogP contribution in [0.15, 0.2) is 29.3 Å². The Morgan fingerprint density at radius 3 is 2.48 bits per heavy atom. The Balaban J connectivity index is 2.27. The van der Waals surface area contributed by atoms with Crippen LogP contribution in [0.4, 0.5) is 0 Å². The highest BCUT2D eigenvalue weighted by molar-refractivity contribution is 5.79. The summed E-state index contributed by atoms with van der Waals surface area (Å²) in [6.07, 6.45) is 0.972. The molecule has 2 N–H and O–H groups in total. The Labute approximate surface area is 127 Å². The Bertz CT molecular complexity index is 404. The van der Waals surface area contributed by atoms with Crippen LogP contribution in [0.1, 0.15) is 24.5 Å². The van der Waals surface area contributed by atoms with Gasteiger partial charge >= 0.3 is 0 Å². The van der Waals surface area contributed by atoms with Crippen molar-refractivity contribution in [2.24, 2.45) is 4.99 Å². The van der Waals surface area contributed by atoms with Gasteiger partial charge in [-0.3, -0.25) is 4.99 Å². The van der Waals surface area contributed by atoms with E-state index in [2.05, 4.69) is 39.9 Å². The minimum atomic E-state index is 0.650. The average Bonchev–Trinajstić information content (AvgIpc) is 2.52. The lowest BCUT2D eigenvalue weighted by Crippen LogP contribution is -2.37. The van der Waals surface area contributed by atoms with Crippen LogP contribution in [-0.4, -0.2) is 39.9 Å². The van der Waals surface area contributed by atoms with E-state index in [1.54, 1.807) is 14.2 Å². The summed E-state index contributed by atoms with van der Waals surface area (Å²) < 4.78 is 10.4. The lowest BCUT2D eigenvalue weighted by Gasteiger charge is -2.12. The normalized spacial score (nSPS) is 11.5. The molecule has 0 aromatic heterocycles. The van der Waals surface area contributed by atoms with E-state index in [1.165, 1.54) is 11.1 Å². The van der Waals surface area contributed by atoms with Crippen LogP contribution < -0.4 is 10.6 Å². The predicted molar refractivity (Wildman–Crippen MR) is 86.5 cm³/mol. The molecule has 118 valence electrons. The van der Waals surface area contributed by atoms with Gasteiger partial charge in [0.25, 0.3) is 0 Å². The molecule has 0 aliphatic heterocycles. The molecule has 0 saturated heterocycles. The summed E-state index contributed by atoms with van der Waals surface area (Å²) in [6, 6.07) is 8.37. The Hall–Kier alpha value is -1.59. The van der Waals surface area contributed by atoms with E-state index in [4.69, 9.17) is 9.47 Å². The van der Waals surface area contributed by atoms with Crippen LogP contribution in [0.3, 0.4) is 0 Å². The highest BCUT2D eigenvalue weighted by atomic mass is 16.5. The van der Waals surface area contributed by atoms with Crippen molar-refractivity contribution < 1.29 is 9.47 Å². The van der Waals surface area contributed by atoms with Crippen LogP contribution in [0, 0.1) is 0 Å². The number of nitrogens with zero attached hydrogens (tertiary/aromatic N) is 1. The average molecular weight is 293 g/mol. The molecule has 1 aromatic carbocycles. The number of benzene rings is 1. The zero-order chi connectivity index (χ0) is 15.3. The number of ether oxygens (including phenoxy) is 2. The minimum absolute atomic E-state index is 0.650. The van der Waals surface area contributed by atoms with Gasteiger partial charge in [0.1, 0.15) is 0 Å². The Kier molecular flexibility index (Phi) is 9.24. The van der Waals surface area contributed by atoms with E-state index in [0.29, 0.717) is 6.61 Å². The fourth-order valence-electron chi connectivity index (χ4n) is 1.85. The third-order valence-corrected chi connectivity index (χ3v) is 2.98. The molecule has 21 heavy (non-hydrogen) atoms. The molecule has 0 aliphatic carbocycles. The summed E-state index contributed by atoms with van der Waals surface area (Å²) in [7, 11) is 3.48. The molecule has 1 rings (SSSR count). The minimum Gasteiger partial charge on any atom is -0.382 e. The first-order valence-corrected chi connectivity index (χ1v) is 7.39. The zero-order valence-electron chi connectivity index (χ0n) is 13.3. The molecule has 0 spiro atoms. The van der Waals surface area contributed by atoms with Gasteiger partial charge in [-0.1, -0.05) is 24.3 Å². The molecule has 0 atom stereocenters. The standard InChI is InChI=1S/C16H27N3O2/c1-4-21-11-5-10-18-16(17-2)19-12-14-6-8-15(9-7-14)13-20-3/h6-9H,4-5,10-13H2,1-3H3,(H2,17,18,19). The van der Waals surface area contributed by atoms with Gasteiger partial charge in [-0.2, -0.15) is 0 Å². The highest BCUT2D eigenvalue weighted by Gasteiger charge is 1.99. The van der Waals surface area contributed by atoms with E-state index < -0.39 is 0 Å². The molecular formula is C16H27N3O2. The number of rotatable bonds is 9. The van der Waals surface area contributed by atoms with Crippen LogP contribution in [-0.2, 0) is 22.6 Å². The van der Waals surface area contributed by atoms with Crippen LogP contribution in [0.5, 0.6) is 0 Å². The third kappa shape index (κ3) is 7.68. The second kappa shape index (κ2) is 11.1. The van der Waals surface area contributed by atoms with Gasteiger partial charge in [0, 0.05) is 40.5 Å². The lowest BCUT2D eigenvalue weighted by atomic mass is 10.1. The summed E-state index contributed by atoms with van der Waals surface area (Å²) in [5.41, 5.74) is 2.40. The molecule has 5 nitrogen and oxygen atoms in total.